The summed E-state index contributed by atoms with van der Waals surface area (Å²) in [4.78, 5) is 27.3. The Bertz CT molecular complexity index is 1410. The van der Waals surface area contributed by atoms with E-state index in [1.165, 1.54) is 6.07 Å². The average molecular weight is 615 g/mol. The van der Waals surface area contributed by atoms with Crippen molar-refractivity contribution in [2.75, 3.05) is 29.9 Å². The van der Waals surface area contributed by atoms with E-state index in [1.807, 2.05) is 35.2 Å². The number of esters is 1. The molecule has 1 amide bonds. The van der Waals surface area contributed by atoms with Crippen LogP contribution in [0.4, 0.5) is 11.4 Å². The van der Waals surface area contributed by atoms with Crippen molar-refractivity contribution in [1.29, 1.82) is 0 Å². The Balaban J connectivity index is 1.67. The minimum Gasteiger partial charge on any atom is -0.466 e. The summed E-state index contributed by atoms with van der Waals surface area (Å²) in [6.45, 7) is 4.79. The number of carbonyl (C=O) groups excluding carboxylic acids is 2. The number of nitrogens with zero attached hydrogens (tertiary/aromatic N) is 1. The van der Waals surface area contributed by atoms with E-state index < -0.39 is 16.1 Å². The number of hydrogen-bond donors (Lipinski definition) is 2. The van der Waals surface area contributed by atoms with E-state index in [2.05, 4.69) is 26.0 Å². The van der Waals surface area contributed by atoms with Gasteiger partial charge in [0.25, 0.3) is 5.91 Å². The third-order valence-electron chi connectivity index (χ3n) is 6.63. The van der Waals surface area contributed by atoms with Gasteiger partial charge in [0.15, 0.2) is 0 Å². The molecule has 0 saturated carbocycles. The molecule has 1 heterocycles. The Morgan fingerprint density at radius 1 is 1.08 bits per heavy atom. The number of piperidine rings is 1. The maximum Gasteiger partial charge on any atom is 0.310 e. The number of ether oxygens (including phenoxy) is 1. The van der Waals surface area contributed by atoms with Crippen LogP contribution in [0.25, 0.3) is 0 Å². The van der Waals surface area contributed by atoms with E-state index in [0.29, 0.717) is 43.1 Å². The van der Waals surface area contributed by atoms with Gasteiger partial charge in [-0.15, -0.1) is 0 Å². The molecule has 206 valence electrons. The van der Waals surface area contributed by atoms with Gasteiger partial charge in [0.1, 0.15) is 4.90 Å². The minimum atomic E-state index is -4.03. The van der Waals surface area contributed by atoms with E-state index >= 15 is 0 Å². The minimum absolute atomic E-state index is 0.0309. The van der Waals surface area contributed by atoms with E-state index in [-0.39, 0.29) is 22.7 Å². The highest BCUT2D eigenvalue weighted by atomic mass is 79.9. The number of nitrogens with one attached hydrogen (secondary N) is 2. The van der Waals surface area contributed by atoms with Crippen molar-refractivity contribution in [3.05, 3.63) is 88.4 Å². The van der Waals surface area contributed by atoms with Crippen molar-refractivity contribution in [3.8, 4) is 0 Å². The molecular formula is C29H32BrN3O5S. The first kappa shape index (κ1) is 28.8. The molecule has 0 aliphatic carbocycles. The molecule has 0 radical (unpaired) electrons. The summed E-state index contributed by atoms with van der Waals surface area (Å²) < 4.78 is 36.4. The van der Waals surface area contributed by atoms with Gasteiger partial charge < -0.3 is 15.0 Å². The van der Waals surface area contributed by atoms with Crippen LogP contribution in [0.5, 0.6) is 0 Å². The highest BCUT2D eigenvalue weighted by Gasteiger charge is 2.31. The van der Waals surface area contributed by atoms with Crippen molar-refractivity contribution in [3.63, 3.8) is 0 Å². The molecule has 4 rings (SSSR count). The van der Waals surface area contributed by atoms with E-state index in [1.54, 1.807) is 50.2 Å². The standard InChI is InChI=1S/C29H32BrN3O5S/c1-3-38-29(35)23-10-7-17-33(19-23)26-16-15-25(31-28(34)22-11-13-24(30)14-12-22)18-27(26)39(36,37)32-20(2)21-8-5-4-6-9-21/h4-6,8-9,11-16,18,20,23,32H,3,7,10,17,19H2,1-2H3,(H,31,34)/t20-,23-/m0/s1. The van der Waals surface area contributed by atoms with Crippen LogP contribution < -0.4 is 14.9 Å². The van der Waals surface area contributed by atoms with Gasteiger partial charge in [0.05, 0.1) is 18.2 Å². The van der Waals surface area contributed by atoms with Crippen LogP contribution in [0, 0.1) is 5.92 Å². The summed E-state index contributed by atoms with van der Waals surface area (Å²) in [6.07, 6.45) is 1.40. The number of carbonyl (C=O) groups is 2. The highest BCUT2D eigenvalue weighted by Crippen LogP contribution is 2.33. The number of amides is 1. The molecule has 0 aromatic heterocycles. The number of rotatable bonds is 9. The lowest BCUT2D eigenvalue weighted by Gasteiger charge is -2.34. The first-order valence-corrected chi connectivity index (χ1v) is 15.2. The summed E-state index contributed by atoms with van der Waals surface area (Å²) in [7, 11) is -4.03. The summed E-state index contributed by atoms with van der Waals surface area (Å²) in [5.74, 6) is -0.979. The zero-order valence-corrected chi connectivity index (χ0v) is 24.3. The van der Waals surface area contributed by atoms with Gasteiger partial charge in [0.2, 0.25) is 10.0 Å². The largest absolute Gasteiger partial charge is 0.466 e. The van der Waals surface area contributed by atoms with Crippen LogP contribution in [0.3, 0.4) is 0 Å². The van der Waals surface area contributed by atoms with Crippen molar-refractivity contribution in [2.45, 2.75) is 37.6 Å². The maximum atomic E-state index is 13.8. The predicted molar refractivity (Wildman–Crippen MR) is 155 cm³/mol. The van der Waals surface area contributed by atoms with Crippen LogP contribution in [-0.4, -0.2) is 40.0 Å². The lowest BCUT2D eigenvalue weighted by Crippen LogP contribution is -2.40. The van der Waals surface area contributed by atoms with Gasteiger partial charge in [-0.25, -0.2) is 13.1 Å². The molecule has 2 N–H and O–H groups in total. The third-order valence-corrected chi connectivity index (χ3v) is 8.73. The van der Waals surface area contributed by atoms with Crippen LogP contribution in [0.15, 0.2) is 82.2 Å². The van der Waals surface area contributed by atoms with Gasteiger partial charge in [-0.05, 0) is 74.7 Å². The summed E-state index contributed by atoms with van der Waals surface area (Å²) in [6, 6.07) is 20.5. The maximum absolute atomic E-state index is 13.8. The monoisotopic (exact) mass is 613 g/mol. The Morgan fingerprint density at radius 2 is 1.79 bits per heavy atom. The second kappa shape index (κ2) is 12.8. The van der Waals surface area contributed by atoms with Crippen LogP contribution in [0.1, 0.15) is 48.7 Å². The molecule has 3 aromatic rings. The molecule has 10 heteroatoms. The molecule has 39 heavy (non-hydrogen) atoms. The topological polar surface area (TPSA) is 105 Å². The van der Waals surface area contributed by atoms with E-state index in [4.69, 9.17) is 4.74 Å². The number of hydrogen-bond acceptors (Lipinski definition) is 6. The fourth-order valence-corrected chi connectivity index (χ4v) is 6.37. The van der Waals surface area contributed by atoms with Gasteiger partial charge in [-0.1, -0.05) is 46.3 Å². The second-order valence-electron chi connectivity index (χ2n) is 9.43. The molecule has 1 saturated heterocycles. The molecule has 2 atom stereocenters. The van der Waals surface area contributed by atoms with Crippen LogP contribution in [-0.2, 0) is 19.6 Å². The van der Waals surface area contributed by atoms with Crippen molar-refractivity contribution in [2.24, 2.45) is 5.92 Å². The number of halogens is 1. The molecule has 0 bridgehead atoms. The smallest absolute Gasteiger partial charge is 0.310 e. The molecule has 1 fully saturated rings. The summed E-state index contributed by atoms with van der Waals surface area (Å²) >= 11 is 3.36. The first-order valence-electron chi connectivity index (χ1n) is 12.9. The Hall–Kier alpha value is -3.21. The van der Waals surface area contributed by atoms with E-state index in [9.17, 15) is 18.0 Å². The third kappa shape index (κ3) is 7.26. The lowest BCUT2D eigenvalue weighted by molar-refractivity contribution is -0.148. The first-order chi connectivity index (χ1) is 18.7. The number of sulfonamides is 1. The van der Waals surface area contributed by atoms with Crippen molar-refractivity contribution in [1.82, 2.24) is 4.72 Å². The van der Waals surface area contributed by atoms with Gasteiger partial charge in [-0.3, -0.25) is 9.59 Å². The number of benzene rings is 3. The average Bonchev–Trinajstić information content (AvgIpc) is 2.94. The number of anilines is 2. The summed E-state index contributed by atoms with van der Waals surface area (Å²) in [5, 5.41) is 2.81. The quantitative estimate of drug-likeness (QED) is 0.308. The van der Waals surface area contributed by atoms with Gasteiger partial charge in [-0.2, -0.15) is 0 Å². The molecular weight excluding hydrogens is 582 g/mol. The summed E-state index contributed by atoms with van der Waals surface area (Å²) in [5.41, 5.74) is 2.08. The fourth-order valence-electron chi connectivity index (χ4n) is 4.63. The highest BCUT2D eigenvalue weighted by molar-refractivity contribution is 9.10. The van der Waals surface area contributed by atoms with Crippen LogP contribution >= 0.6 is 15.9 Å². The molecule has 0 unspecified atom stereocenters. The normalized spacial score (nSPS) is 16.4. The Morgan fingerprint density at radius 3 is 2.49 bits per heavy atom. The Labute approximate surface area is 237 Å². The SMILES string of the molecule is CCOC(=O)[C@H]1CCCN(c2ccc(NC(=O)c3ccc(Br)cc3)cc2S(=O)(=O)N[C@@H](C)c2ccccc2)C1. The molecule has 8 nitrogen and oxygen atoms in total. The van der Waals surface area contributed by atoms with Crippen molar-refractivity contribution >= 4 is 49.2 Å². The Kier molecular flexibility index (Phi) is 9.42. The van der Waals surface area contributed by atoms with Gasteiger partial charge in [0, 0.05) is 34.9 Å². The molecule has 1 aliphatic heterocycles. The fraction of sp³-hybridized carbons (Fsp3) is 0.310. The van der Waals surface area contributed by atoms with Crippen LogP contribution in [0.2, 0.25) is 0 Å². The second-order valence-corrected chi connectivity index (χ2v) is 12.0. The predicted octanol–water partition coefficient (Wildman–Crippen LogP) is 5.52. The van der Waals surface area contributed by atoms with Crippen molar-refractivity contribution < 1.29 is 22.7 Å². The lowest BCUT2D eigenvalue weighted by atomic mass is 9.97. The molecule has 0 spiro atoms. The van der Waals surface area contributed by atoms with E-state index in [0.717, 1.165) is 16.5 Å². The zero-order chi connectivity index (χ0) is 28.0. The molecule has 3 aromatic carbocycles. The zero-order valence-electron chi connectivity index (χ0n) is 21.9. The van der Waals surface area contributed by atoms with Gasteiger partial charge >= 0.3 is 5.97 Å². The molecule has 1 aliphatic rings.